The minimum Gasteiger partial charge on any atom is -0.497 e. The number of rotatable bonds is 10. The maximum atomic E-state index is 12.0. The van der Waals surface area contributed by atoms with E-state index in [2.05, 4.69) is 20.9 Å². The number of ether oxygens (including phenoxy) is 1. The Balaban J connectivity index is 1.69. The molecule has 8 heteroatoms. The van der Waals surface area contributed by atoms with Crippen LogP contribution in [0.5, 0.6) is 5.75 Å². The Labute approximate surface area is 166 Å². The van der Waals surface area contributed by atoms with Gasteiger partial charge in [-0.1, -0.05) is 12.1 Å². The lowest BCUT2D eigenvalue weighted by molar-refractivity contribution is -0.127. The number of aliphatic imine (C=N–C) groups is 1. The molecule has 1 fully saturated rings. The number of carbonyl (C=O) groups is 2. The molecule has 0 unspecified atom stereocenters. The number of nitrogens with one attached hydrogen (secondary N) is 3. The molecule has 2 amide bonds. The maximum Gasteiger partial charge on any atom is 0.242 e. The van der Waals surface area contributed by atoms with E-state index in [1.165, 1.54) is 0 Å². The summed E-state index contributed by atoms with van der Waals surface area (Å²) >= 11 is 0. The zero-order valence-corrected chi connectivity index (χ0v) is 16.8. The summed E-state index contributed by atoms with van der Waals surface area (Å²) in [6.45, 7) is 5.51. The van der Waals surface area contributed by atoms with Gasteiger partial charge < -0.3 is 25.6 Å². The van der Waals surface area contributed by atoms with Crippen LogP contribution in [0.15, 0.2) is 29.3 Å². The monoisotopic (exact) mass is 389 g/mol. The van der Waals surface area contributed by atoms with Crippen LogP contribution in [-0.2, 0) is 16.1 Å². The van der Waals surface area contributed by atoms with Crippen LogP contribution in [0.25, 0.3) is 0 Å². The Hall–Kier alpha value is -2.77. The number of nitrogens with zero attached hydrogens (tertiary/aromatic N) is 2. The van der Waals surface area contributed by atoms with Crippen LogP contribution in [0.3, 0.4) is 0 Å². The highest BCUT2D eigenvalue weighted by Crippen LogP contribution is 2.11. The molecule has 154 valence electrons. The maximum absolute atomic E-state index is 12.0. The van der Waals surface area contributed by atoms with Crippen LogP contribution in [0, 0.1) is 0 Å². The third-order valence-corrected chi connectivity index (χ3v) is 4.44. The third-order valence-electron chi connectivity index (χ3n) is 4.44. The lowest BCUT2D eigenvalue weighted by atomic mass is 10.2. The molecular formula is C20H31N5O3. The smallest absolute Gasteiger partial charge is 0.242 e. The summed E-state index contributed by atoms with van der Waals surface area (Å²) in [6.07, 6.45) is 2.48. The Bertz CT molecular complexity index is 660. The number of benzene rings is 1. The van der Waals surface area contributed by atoms with E-state index >= 15 is 0 Å². The fourth-order valence-corrected chi connectivity index (χ4v) is 2.91. The largest absolute Gasteiger partial charge is 0.497 e. The summed E-state index contributed by atoms with van der Waals surface area (Å²) in [4.78, 5) is 29.9. The SMILES string of the molecule is CCNC(=NCC(=O)NCc1ccc(OC)cc1)NCCCN1CCCC1=O. The van der Waals surface area contributed by atoms with Crippen molar-refractivity contribution in [3.63, 3.8) is 0 Å². The van der Waals surface area contributed by atoms with Gasteiger partial charge in [-0.3, -0.25) is 9.59 Å². The molecular weight excluding hydrogens is 358 g/mol. The lowest BCUT2D eigenvalue weighted by Gasteiger charge is -2.16. The average Bonchev–Trinajstić information content (AvgIpc) is 3.12. The lowest BCUT2D eigenvalue weighted by Crippen LogP contribution is -2.39. The molecule has 0 aromatic heterocycles. The molecule has 3 N–H and O–H groups in total. The Morgan fingerprint density at radius 1 is 1.21 bits per heavy atom. The molecule has 28 heavy (non-hydrogen) atoms. The van der Waals surface area contributed by atoms with Crippen molar-refractivity contribution in [2.24, 2.45) is 4.99 Å². The van der Waals surface area contributed by atoms with E-state index < -0.39 is 0 Å². The first-order valence-corrected chi connectivity index (χ1v) is 9.82. The van der Waals surface area contributed by atoms with Gasteiger partial charge in [-0.2, -0.15) is 0 Å². The van der Waals surface area contributed by atoms with Gasteiger partial charge in [0, 0.05) is 39.1 Å². The summed E-state index contributed by atoms with van der Waals surface area (Å²) in [5.74, 6) is 1.50. The molecule has 0 spiro atoms. The molecule has 1 aromatic carbocycles. The van der Waals surface area contributed by atoms with Crippen molar-refractivity contribution in [1.82, 2.24) is 20.9 Å². The summed E-state index contributed by atoms with van der Waals surface area (Å²) < 4.78 is 5.12. The second-order valence-corrected chi connectivity index (χ2v) is 6.58. The topological polar surface area (TPSA) is 95.1 Å². The number of guanidine groups is 1. The minimum atomic E-state index is -0.143. The fraction of sp³-hybridized carbons (Fsp3) is 0.550. The van der Waals surface area contributed by atoms with E-state index in [0.29, 0.717) is 32.0 Å². The van der Waals surface area contributed by atoms with Crippen molar-refractivity contribution in [2.45, 2.75) is 32.7 Å². The molecule has 1 aliphatic rings. The molecule has 1 aromatic rings. The van der Waals surface area contributed by atoms with Crippen molar-refractivity contribution >= 4 is 17.8 Å². The fourth-order valence-electron chi connectivity index (χ4n) is 2.91. The number of hydrogen-bond donors (Lipinski definition) is 3. The molecule has 2 rings (SSSR count). The van der Waals surface area contributed by atoms with Crippen LogP contribution in [0.4, 0.5) is 0 Å². The first-order chi connectivity index (χ1) is 13.6. The zero-order chi connectivity index (χ0) is 20.2. The molecule has 1 saturated heterocycles. The van der Waals surface area contributed by atoms with Crippen molar-refractivity contribution in [3.8, 4) is 5.75 Å². The molecule has 0 aliphatic carbocycles. The van der Waals surface area contributed by atoms with Gasteiger partial charge in [0.1, 0.15) is 12.3 Å². The quantitative estimate of drug-likeness (QED) is 0.314. The Morgan fingerprint density at radius 2 is 2.00 bits per heavy atom. The Kier molecular flexibility index (Phi) is 9.10. The van der Waals surface area contributed by atoms with Gasteiger partial charge in [0.15, 0.2) is 5.96 Å². The van der Waals surface area contributed by atoms with E-state index in [9.17, 15) is 9.59 Å². The predicted octanol–water partition coefficient (Wildman–Crippen LogP) is 0.879. The number of likely N-dealkylation sites (tertiary alicyclic amines) is 1. The zero-order valence-electron chi connectivity index (χ0n) is 16.8. The van der Waals surface area contributed by atoms with E-state index in [0.717, 1.165) is 37.2 Å². The molecule has 0 atom stereocenters. The van der Waals surface area contributed by atoms with E-state index in [4.69, 9.17) is 4.74 Å². The number of hydrogen-bond acceptors (Lipinski definition) is 4. The van der Waals surface area contributed by atoms with Gasteiger partial charge in [0.05, 0.1) is 7.11 Å². The molecule has 0 radical (unpaired) electrons. The van der Waals surface area contributed by atoms with Crippen molar-refractivity contribution < 1.29 is 14.3 Å². The Morgan fingerprint density at radius 3 is 2.64 bits per heavy atom. The molecule has 0 saturated carbocycles. The minimum absolute atomic E-state index is 0.0517. The summed E-state index contributed by atoms with van der Waals surface area (Å²) in [5, 5.41) is 9.19. The standard InChI is InChI=1S/C20H31N5O3/c1-3-21-20(22-11-5-13-25-12-4-6-19(25)27)24-15-18(26)23-14-16-7-9-17(28-2)10-8-16/h7-10H,3-6,11-15H2,1-2H3,(H,23,26)(H2,21,22,24). The third kappa shape index (κ3) is 7.46. The first-order valence-electron chi connectivity index (χ1n) is 9.82. The van der Waals surface area contributed by atoms with Crippen LogP contribution in [-0.4, -0.2) is 62.5 Å². The van der Waals surface area contributed by atoms with E-state index in [1.54, 1.807) is 7.11 Å². The van der Waals surface area contributed by atoms with Crippen molar-refractivity contribution in [3.05, 3.63) is 29.8 Å². The van der Waals surface area contributed by atoms with Gasteiger partial charge in [0.2, 0.25) is 11.8 Å². The van der Waals surface area contributed by atoms with E-state index in [-0.39, 0.29) is 18.4 Å². The molecule has 8 nitrogen and oxygen atoms in total. The molecule has 1 aliphatic heterocycles. The average molecular weight is 390 g/mol. The highest BCUT2D eigenvalue weighted by molar-refractivity contribution is 5.84. The van der Waals surface area contributed by atoms with Crippen LogP contribution >= 0.6 is 0 Å². The highest BCUT2D eigenvalue weighted by Gasteiger charge is 2.18. The van der Waals surface area contributed by atoms with Gasteiger partial charge in [-0.05, 0) is 37.5 Å². The number of carbonyl (C=O) groups excluding carboxylic acids is 2. The normalized spacial score (nSPS) is 14.1. The summed E-state index contributed by atoms with van der Waals surface area (Å²) in [5.41, 5.74) is 1.000. The van der Waals surface area contributed by atoms with Crippen LogP contribution < -0.4 is 20.7 Å². The van der Waals surface area contributed by atoms with Gasteiger partial charge >= 0.3 is 0 Å². The highest BCUT2D eigenvalue weighted by atomic mass is 16.5. The van der Waals surface area contributed by atoms with Gasteiger partial charge in [0.25, 0.3) is 0 Å². The van der Waals surface area contributed by atoms with Gasteiger partial charge in [-0.15, -0.1) is 0 Å². The van der Waals surface area contributed by atoms with Crippen molar-refractivity contribution in [1.29, 1.82) is 0 Å². The predicted molar refractivity (Wildman–Crippen MR) is 109 cm³/mol. The molecule has 1 heterocycles. The second-order valence-electron chi connectivity index (χ2n) is 6.58. The number of amides is 2. The van der Waals surface area contributed by atoms with Crippen LogP contribution in [0.1, 0.15) is 31.7 Å². The summed E-state index contributed by atoms with van der Waals surface area (Å²) in [6, 6.07) is 7.56. The van der Waals surface area contributed by atoms with Crippen LogP contribution in [0.2, 0.25) is 0 Å². The van der Waals surface area contributed by atoms with Crippen molar-refractivity contribution in [2.75, 3.05) is 39.8 Å². The second kappa shape index (κ2) is 11.8. The summed E-state index contributed by atoms with van der Waals surface area (Å²) in [7, 11) is 1.62. The molecule has 0 bridgehead atoms. The number of methoxy groups -OCH3 is 1. The first kappa shape index (κ1) is 21.5. The van der Waals surface area contributed by atoms with Gasteiger partial charge in [-0.25, -0.2) is 4.99 Å². The van der Waals surface area contributed by atoms with E-state index in [1.807, 2.05) is 36.1 Å².